The van der Waals surface area contributed by atoms with Gasteiger partial charge in [0.05, 0.1) is 0 Å². The molecule has 20 heavy (non-hydrogen) atoms. The molecule has 1 aromatic rings. The van der Waals surface area contributed by atoms with Crippen LogP contribution in [0.2, 0.25) is 0 Å². The number of unbranched alkanes of at least 4 members (excludes halogenated alkanes) is 1. The number of nitrogens with zero attached hydrogens (tertiary/aromatic N) is 2. The Morgan fingerprint density at radius 3 is 2.65 bits per heavy atom. The van der Waals surface area contributed by atoms with Crippen LogP contribution in [-0.2, 0) is 6.54 Å². The Labute approximate surface area is 137 Å². The molecule has 0 radical (unpaired) electrons. The molecule has 1 aromatic heterocycles. The van der Waals surface area contributed by atoms with Crippen LogP contribution in [0.15, 0.2) is 34.2 Å². The molecule has 6 heteroatoms. The van der Waals surface area contributed by atoms with E-state index in [-0.39, 0.29) is 29.5 Å². The highest BCUT2D eigenvalue weighted by molar-refractivity contribution is 14.0. The summed E-state index contributed by atoms with van der Waals surface area (Å²) in [6.07, 6.45) is 4.89. The molecule has 0 aliphatic rings. The number of pyridine rings is 1. The lowest BCUT2D eigenvalue weighted by Gasteiger charge is -2.11. The third-order valence-electron chi connectivity index (χ3n) is 2.78. The molecule has 0 fully saturated rings. The van der Waals surface area contributed by atoms with Gasteiger partial charge in [-0.3, -0.25) is 9.79 Å². The van der Waals surface area contributed by atoms with E-state index >= 15 is 0 Å². The van der Waals surface area contributed by atoms with Crippen LogP contribution in [0.5, 0.6) is 0 Å². The zero-order valence-electron chi connectivity index (χ0n) is 12.3. The number of aryl methyl sites for hydroxylation is 1. The van der Waals surface area contributed by atoms with Crippen molar-refractivity contribution in [1.82, 2.24) is 15.2 Å². The number of hydrogen-bond donors (Lipinski definition) is 2. The fraction of sp³-hybridized carbons (Fsp3) is 0.571. The van der Waals surface area contributed by atoms with E-state index in [1.165, 1.54) is 0 Å². The monoisotopic (exact) mass is 392 g/mol. The van der Waals surface area contributed by atoms with Crippen LogP contribution in [0.4, 0.5) is 0 Å². The molecule has 0 atom stereocenters. The minimum atomic E-state index is 0. The quantitative estimate of drug-likeness (QED) is 0.322. The molecule has 0 saturated heterocycles. The van der Waals surface area contributed by atoms with Gasteiger partial charge in [-0.1, -0.05) is 13.0 Å². The van der Waals surface area contributed by atoms with Gasteiger partial charge in [0.25, 0.3) is 0 Å². The van der Waals surface area contributed by atoms with Gasteiger partial charge < -0.3 is 15.2 Å². The summed E-state index contributed by atoms with van der Waals surface area (Å²) in [7, 11) is 1.77. The van der Waals surface area contributed by atoms with Crippen molar-refractivity contribution in [3.63, 3.8) is 0 Å². The van der Waals surface area contributed by atoms with E-state index in [1.54, 1.807) is 23.7 Å². The van der Waals surface area contributed by atoms with E-state index in [0.717, 1.165) is 44.9 Å². The Morgan fingerprint density at radius 2 is 2.00 bits per heavy atom. The predicted molar refractivity (Wildman–Crippen MR) is 95.0 cm³/mol. The number of rotatable bonds is 7. The van der Waals surface area contributed by atoms with Crippen molar-refractivity contribution >= 4 is 29.9 Å². The Kier molecular flexibility index (Phi) is 11.1. The normalized spacial score (nSPS) is 10.8. The van der Waals surface area contributed by atoms with E-state index in [1.807, 2.05) is 12.3 Å². The second-order valence-electron chi connectivity index (χ2n) is 4.37. The molecule has 0 unspecified atom stereocenters. The smallest absolute Gasteiger partial charge is 0.250 e. The first-order valence-electron chi connectivity index (χ1n) is 6.88. The predicted octanol–water partition coefficient (Wildman–Crippen LogP) is 1.82. The summed E-state index contributed by atoms with van der Waals surface area (Å²) in [5.74, 6) is 0.846. The van der Waals surface area contributed by atoms with Gasteiger partial charge in [0.2, 0.25) is 5.56 Å². The molecule has 0 saturated carbocycles. The molecular formula is C14H25IN4O. The van der Waals surface area contributed by atoms with Gasteiger partial charge in [0, 0.05) is 38.9 Å². The Hall–Kier alpha value is -1.05. The van der Waals surface area contributed by atoms with Crippen LogP contribution in [-0.4, -0.2) is 30.7 Å². The molecule has 0 aliphatic carbocycles. The van der Waals surface area contributed by atoms with E-state index in [2.05, 4.69) is 22.5 Å². The third-order valence-corrected chi connectivity index (χ3v) is 2.78. The van der Waals surface area contributed by atoms with Crippen LogP contribution in [0.25, 0.3) is 0 Å². The van der Waals surface area contributed by atoms with Gasteiger partial charge in [-0.2, -0.15) is 0 Å². The van der Waals surface area contributed by atoms with Gasteiger partial charge >= 0.3 is 0 Å². The number of aromatic nitrogens is 1. The largest absolute Gasteiger partial charge is 0.356 e. The van der Waals surface area contributed by atoms with Gasteiger partial charge in [0.1, 0.15) is 0 Å². The Morgan fingerprint density at radius 1 is 1.25 bits per heavy atom. The summed E-state index contributed by atoms with van der Waals surface area (Å²) in [5, 5.41) is 6.48. The molecule has 1 heterocycles. The zero-order valence-corrected chi connectivity index (χ0v) is 14.6. The first-order valence-corrected chi connectivity index (χ1v) is 6.88. The number of guanidine groups is 1. The maximum absolute atomic E-state index is 11.5. The van der Waals surface area contributed by atoms with Gasteiger partial charge in [0.15, 0.2) is 5.96 Å². The summed E-state index contributed by atoms with van der Waals surface area (Å²) in [6, 6.07) is 5.24. The standard InChI is InChI=1S/C14H24N4O.HI/c1-3-9-16-14(15-2)17-10-5-7-12-18-11-6-4-8-13(18)19;/h4,6,8,11H,3,5,7,9-10,12H2,1-2H3,(H2,15,16,17);1H. The molecule has 114 valence electrons. The van der Waals surface area contributed by atoms with Crippen molar-refractivity contribution in [2.75, 3.05) is 20.1 Å². The number of halogens is 1. The average Bonchev–Trinajstić information content (AvgIpc) is 2.43. The number of hydrogen-bond acceptors (Lipinski definition) is 2. The fourth-order valence-electron chi connectivity index (χ4n) is 1.72. The lowest BCUT2D eigenvalue weighted by atomic mass is 10.3. The van der Waals surface area contributed by atoms with E-state index in [9.17, 15) is 4.79 Å². The van der Waals surface area contributed by atoms with Crippen molar-refractivity contribution in [1.29, 1.82) is 0 Å². The lowest BCUT2D eigenvalue weighted by molar-refractivity contribution is 0.585. The Balaban J connectivity index is 0.00000361. The van der Waals surface area contributed by atoms with Crippen LogP contribution in [0, 0.1) is 0 Å². The van der Waals surface area contributed by atoms with Crippen molar-refractivity contribution in [2.45, 2.75) is 32.7 Å². The minimum absolute atomic E-state index is 0. The molecule has 0 amide bonds. The molecule has 0 aliphatic heterocycles. The average molecular weight is 392 g/mol. The summed E-state index contributed by atoms with van der Waals surface area (Å²) < 4.78 is 1.74. The van der Waals surface area contributed by atoms with E-state index < -0.39 is 0 Å². The van der Waals surface area contributed by atoms with Gasteiger partial charge in [-0.15, -0.1) is 24.0 Å². The molecule has 0 spiro atoms. The number of nitrogens with one attached hydrogen (secondary N) is 2. The molecule has 0 bridgehead atoms. The van der Waals surface area contributed by atoms with Crippen molar-refractivity contribution < 1.29 is 0 Å². The third kappa shape index (κ3) is 7.52. The molecule has 2 N–H and O–H groups in total. The molecule has 0 aromatic carbocycles. The summed E-state index contributed by atoms with van der Waals surface area (Å²) in [6.45, 7) is 4.68. The summed E-state index contributed by atoms with van der Waals surface area (Å²) >= 11 is 0. The van der Waals surface area contributed by atoms with E-state index in [4.69, 9.17) is 0 Å². The molecule has 5 nitrogen and oxygen atoms in total. The van der Waals surface area contributed by atoms with Crippen LogP contribution < -0.4 is 16.2 Å². The lowest BCUT2D eigenvalue weighted by Crippen LogP contribution is -2.38. The maximum atomic E-state index is 11.5. The van der Waals surface area contributed by atoms with Crippen LogP contribution in [0.1, 0.15) is 26.2 Å². The second-order valence-corrected chi connectivity index (χ2v) is 4.37. The maximum Gasteiger partial charge on any atom is 0.250 e. The topological polar surface area (TPSA) is 58.4 Å². The van der Waals surface area contributed by atoms with Gasteiger partial charge in [-0.05, 0) is 25.3 Å². The first kappa shape index (κ1) is 18.9. The summed E-state index contributed by atoms with van der Waals surface area (Å²) in [4.78, 5) is 15.6. The molecular weight excluding hydrogens is 367 g/mol. The minimum Gasteiger partial charge on any atom is -0.356 e. The summed E-state index contributed by atoms with van der Waals surface area (Å²) in [5.41, 5.74) is 0.0656. The highest BCUT2D eigenvalue weighted by Gasteiger charge is 1.96. The number of aliphatic imine (C=N–C) groups is 1. The van der Waals surface area contributed by atoms with E-state index in [0.29, 0.717) is 0 Å². The van der Waals surface area contributed by atoms with Crippen molar-refractivity contribution in [3.8, 4) is 0 Å². The van der Waals surface area contributed by atoms with Crippen molar-refractivity contribution in [2.24, 2.45) is 4.99 Å². The van der Waals surface area contributed by atoms with Gasteiger partial charge in [-0.25, -0.2) is 0 Å². The zero-order chi connectivity index (χ0) is 13.9. The van der Waals surface area contributed by atoms with Crippen LogP contribution >= 0.6 is 24.0 Å². The van der Waals surface area contributed by atoms with Crippen LogP contribution in [0.3, 0.4) is 0 Å². The van der Waals surface area contributed by atoms with Crippen molar-refractivity contribution in [3.05, 3.63) is 34.7 Å². The molecule has 1 rings (SSSR count). The SMILES string of the molecule is CCCNC(=NC)NCCCCn1ccccc1=O.I. The Bertz CT molecular complexity index is 445. The first-order chi connectivity index (χ1) is 9.27. The highest BCUT2D eigenvalue weighted by atomic mass is 127. The highest BCUT2D eigenvalue weighted by Crippen LogP contribution is 1.92. The second kappa shape index (κ2) is 11.7. The fourth-order valence-corrected chi connectivity index (χ4v) is 1.72.